The highest BCUT2D eigenvalue weighted by atomic mass is 16.5. The SMILES string of the molecule is COc1ccc(C(=O)CC/C=C(\C)CC/C=C(\C)CCC=C(C)C)c(O)c1. The second-order valence-electron chi connectivity index (χ2n) is 7.30. The van der Waals surface area contributed by atoms with Gasteiger partial charge >= 0.3 is 0 Å². The zero-order chi connectivity index (χ0) is 20.2. The predicted molar refractivity (Wildman–Crippen MR) is 114 cm³/mol. The van der Waals surface area contributed by atoms with Crippen molar-refractivity contribution < 1.29 is 14.6 Å². The predicted octanol–water partition coefficient (Wildman–Crippen LogP) is 6.78. The van der Waals surface area contributed by atoms with Gasteiger partial charge in [0.15, 0.2) is 5.78 Å². The minimum absolute atomic E-state index is 0.0197. The fourth-order valence-electron chi connectivity index (χ4n) is 2.80. The summed E-state index contributed by atoms with van der Waals surface area (Å²) in [6, 6.07) is 4.79. The molecule has 0 radical (unpaired) electrons. The van der Waals surface area contributed by atoms with Gasteiger partial charge in [0.25, 0.3) is 0 Å². The van der Waals surface area contributed by atoms with Gasteiger partial charge in [0.2, 0.25) is 0 Å². The summed E-state index contributed by atoms with van der Waals surface area (Å²) in [7, 11) is 1.53. The summed E-state index contributed by atoms with van der Waals surface area (Å²) < 4.78 is 5.04. The summed E-state index contributed by atoms with van der Waals surface area (Å²) in [5.74, 6) is 0.479. The van der Waals surface area contributed by atoms with Crippen LogP contribution >= 0.6 is 0 Å². The number of Topliss-reactive ketones (excluding diaryl/α,β-unsaturated/α-hetero) is 1. The molecular weight excluding hydrogens is 336 g/mol. The Labute approximate surface area is 164 Å². The molecule has 27 heavy (non-hydrogen) atoms. The first-order valence-corrected chi connectivity index (χ1v) is 9.68. The third-order valence-electron chi connectivity index (χ3n) is 4.49. The first kappa shape index (κ1) is 22.8. The first-order chi connectivity index (χ1) is 12.8. The van der Waals surface area contributed by atoms with E-state index < -0.39 is 0 Å². The number of hydrogen-bond donors (Lipinski definition) is 1. The van der Waals surface area contributed by atoms with Gasteiger partial charge in [0.1, 0.15) is 11.5 Å². The van der Waals surface area contributed by atoms with Crippen LogP contribution in [0.15, 0.2) is 53.1 Å². The number of aromatic hydroxyl groups is 1. The van der Waals surface area contributed by atoms with Gasteiger partial charge in [-0.05, 0) is 71.9 Å². The maximum Gasteiger partial charge on any atom is 0.166 e. The van der Waals surface area contributed by atoms with E-state index in [1.54, 1.807) is 12.1 Å². The highest BCUT2D eigenvalue weighted by Crippen LogP contribution is 2.25. The van der Waals surface area contributed by atoms with Crippen molar-refractivity contribution in [2.75, 3.05) is 7.11 Å². The maximum atomic E-state index is 12.3. The van der Waals surface area contributed by atoms with Crippen LogP contribution in [0.3, 0.4) is 0 Å². The Hall–Kier alpha value is -2.29. The number of methoxy groups -OCH3 is 1. The van der Waals surface area contributed by atoms with Gasteiger partial charge in [0.05, 0.1) is 12.7 Å². The molecular formula is C24H34O3. The molecule has 0 atom stereocenters. The quantitative estimate of drug-likeness (QED) is 0.345. The highest BCUT2D eigenvalue weighted by Gasteiger charge is 2.11. The normalized spacial score (nSPS) is 12.0. The molecule has 0 aliphatic rings. The number of carbonyl (C=O) groups is 1. The van der Waals surface area contributed by atoms with E-state index in [1.807, 2.05) is 0 Å². The molecule has 1 aromatic carbocycles. The summed E-state index contributed by atoms with van der Waals surface area (Å²) in [6.45, 7) is 8.57. The Balaban J connectivity index is 2.40. The minimum Gasteiger partial charge on any atom is -0.507 e. The van der Waals surface area contributed by atoms with E-state index in [0.29, 0.717) is 24.2 Å². The van der Waals surface area contributed by atoms with E-state index in [2.05, 4.69) is 45.9 Å². The van der Waals surface area contributed by atoms with Gasteiger partial charge in [0, 0.05) is 12.5 Å². The molecule has 0 aromatic heterocycles. The maximum absolute atomic E-state index is 12.3. The summed E-state index contributed by atoms with van der Waals surface area (Å²) in [5.41, 5.74) is 4.47. The second kappa shape index (κ2) is 12.2. The summed E-state index contributed by atoms with van der Waals surface area (Å²) >= 11 is 0. The Morgan fingerprint density at radius 3 is 2.00 bits per heavy atom. The van der Waals surface area contributed by atoms with Crippen LogP contribution in [0.1, 0.15) is 76.6 Å². The van der Waals surface area contributed by atoms with E-state index in [9.17, 15) is 9.90 Å². The van der Waals surface area contributed by atoms with Crippen molar-refractivity contribution in [2.24, 2.45) is 0 Å². The second-order valence-corrected chi connectivity index (χ2v) is 7.30. The molecule has 1 rings (SSSR count). The number of phenolic OH excluding ortho intramolecular Hbond substituents is 1. The monoisotopic (exact) mass is 370 g/mol. The minimum atomic E-state index is -0.0470. The average Bonchev–Trinajstić information content (AvgIpc) is 2.61. The number of rotatable bonds is 11. The van der Waals surface area contributed by atoms with Crippen LogP contribution in [0.2, 0.25) is 0 Å². The van der Waals surface area contributed by atoms with Gasteiger partial charge in [-0.25, -0.2) is 0 Å². The molecule has 0 aliphatic heterocycles. The molecule has 0 aliphatic carbocycles. The molecule has 3 nitrogen and oxygen atoms in total. The third-order valence-corrected chi connectivity index (χ3v) is 4.49. The molecule has 0 amide bonds. The molecule has 0 fully saturated rings. The Bertz CT molecular complexity index is 704. The van der Waals surface area contributed by atoms with E-state index in [0.717, 1.165) is 25.7 Å². The van der Waals surface area contributed by atoms with Gasteiger partial charge in [-0.3, -0.25) is 4.79 Å². The third kappa shape index (κ3) is 9.28. The number of carbonyl (C=O) groups excluding carboxylic acids is 1. The van der Waals surface area contributed by atoms with E-state index in [1.165, 1.54) is 29.9 Å². The number of benzene rings is 1. The topological polar surface area (TPSA) is 46.5 Å². The Kier molecular flexibility index (Phi) is 10.2. The lowest BCUT2D eigenvalue weighted by molar-refractivity contribution is 0.0981. The smallest absolute Gasteiger partial charge is 0.166 e. The van der Waals surface area contributed by atoms with Gasteiger partial charge in [-0.15, -0.1) is 0 Å². The molecule has 0 bridgehead atoms. The Morgan fingerprint density at radius 1 is 0.926 bits per heavy atom. The van der Waals surface area contributed by atoms with Crippen LogP contribution in [-0.2, 0) is 0 Å². The number of ketones is 1. The van der Waals surface area contributed by atoms with E-state index in [4.69, 9.17) is 4.74 Å². The molecule has 0 unspecified atom stereocenters. The standard InChI is InChI=1S/C24H34O3/c1-18(2)9-6-10-19(3)11-7-12-20(4)13-8-14-23(25)22-16-15-21(27-5)17-24(22)26/h9,11,13,15-17,26H,6-8,10,12,14H2,1-5H3/b19-11+,20-13+. The Morgan fingerprint density at radius 2 is 1.48 bits per heavy atom. The van der Waals surface area contributed by atoms with Crippen LogP contribution < -0.4 is 4.74 Å². The first-order valence-electron chi connectivity index (χ1n) is 9.68. The van der Waals surface area contributed by atoms with Crippen LogP contribution in [0.5, 0.6) is 11.5 Å². The van der Waals surface area contributed by atoms with Crippen molar-refractivity contribution in [3.8, 4) is 11.5 Å². The molecule has 0 spiro atoms. The number of phenols is 1. The van der Waals surface area contributed by atoms with Crippen LogP contribution in [0, 0.1) is 0 Å². The molecule has 1 aromatic rings. The van der Waals surface area contributed by atoms with Crippen molar-refractivity contribution >= 4 is 5.78 Å². The number of hydrogen-bond acceptors (Lipinski definition) is 3. The molecule has 0 heterocycles. The zero-order valence-electron chi connectivity index (χ0n) is 17.5. The number of ether oxygens (including phenoxy) is 1. The summed E-state index contributed by atoms with van der Waals surface area (Å²) in [5, 5.41) is 9.94. The lowest BCUT2D eigenvalue weighted by Crippen LogP contribution is -1.99. The van der Waals surface area contributed by atoms with Crippen LogP contribution in [0.25, 0.3) is 0 Å². The van der Waals surface area contributed by atoms with E-state index >= 15 is 0 Å². The molecule has 148 valence electrons. The van der Waals surface area contributed by atoms with Crippen molar-refractivity contribution in [1.82, 2.24) is 0 Å². The zero-order valence-corrected chi connectivity index (χ0v) is 17.5. The van der Waals surface area contributed by atoms with Crippen LogP contribution in [-0.4, -0.2) is 18.0 Å². The fraction of sp³-hybridized carbons (Fsp3) is 0.458. The van der Waals surface area contributed by atoms with Crippen molar-refractivity contribution in [1.29, 1.82) is 0 Å². The van der Waals surface area contributed by atoms with Gasteiger partial charge < -0.3 is 9.84 Å². The average molecular weight is 371 g/mol. The molecule has 3 heteroatoms. The lowest BCUT2D eigenvalue weighted by atomic mass is 10.0. The van der Waals surface area contributed by atoms with Gasteiger partial charge in [-0.2, -0.15) is 0 Å². The number of allylic oxidation sites excluding steroid dienone is 6. The summed E-state index contributed by atoms with van der Waals surface area (Å²) in [6.07, 6.45) is 12.1. The summed E-state index contributed by atoms with van der Waals surface area (Å²) in [4.78, 5) is 12.3. The van der Waals surface area contributed by atoms with Crippen molar-refractivity contribution in [3.63, 3.8) is 0 Å². The largest absolute Gasteiger partial charge is 0.507 e. The fourth-order valence-corrected chi connectivity index (χ4v) is 2.80. The molecule has 0 saturated heterocycles. The molecule has 1 N–H and O–H groups in total. The lowest BCUT2D eigenvalue weighted by Gasteiger charge is -2.06. The van der Waals surface area contributed by atoms with Crippen molar-refractivity contribution in [3.05, 3.63) is 58.7 Å². The molecule has 0 saturated carbocycles. The van der Waals surface area contributed by atoms with Crippen molar-refractivity contribution in [2.45, 2.75) is 66.2 Å². The van der Waals surface area contributed by atoms with Crippen LogP contribution in [0.4, 0.5) is 0 Å². The highest BCUT2D eigenvalue weighted by molar-refractivity contribution is 5.98. The van der Waals surface area contributed by atoms with Gasteiger partial charge in [-0.1, -0.05) is 34.9 Å². The van der Waals surface area contributed by atoms with E-state index in [-0.39, 0.29) is 11.5 Å².